The summed E-state index contributed by atoms with van der Waals surface area (Å²) < 4.78 is 5.48. The number of nitrogens with zero attached hydrogens (tertiary/aromatic N) is 3. The molecule has 0 saturated carbocycles. The second kappa shape index (κ2) is 5.55. The Morgan fingerprint density at radius 3 is 2.63 bits per heavy atom. The van der Waals surface area contributed by atoms with Crippen molar-refractivity contribution in [3.05, 3.63) is 24.3 Å². The molecule has 1 aliphatic heterocycles. The number of ether oxygens (including phenoxy) is 1. The molecule has 0 aromatic carbocycles. The van der Waals surface area contributed by atoms with E-state index in [2.05, 4.69) is 9.97 Å². The Labute approximate surface area is 114 Å². The van der Waals surface area contributed by atoms with Crippen molar-refractivity contribution in [2.24, 2.45) is 0 Å². The van der Waals surface area contributed by atoms with E-state index in [1.54, 1.807) is 17.3 Å². The topological polar surface area (TPSA) is 55.3 Å². The summed E-state index contributed by atoms with van der Waals surface area (Å²) in [5, 5.41) is 0. The fourth-order valence-electron chi connectivity index (χ4n) is 2.30. The summed E-state index contributed by atoms with van der Waals surface area (Å²) in [6.45, 7) is 6.38. The van der Waals surface area contributed by atoms with Crippen molar-refractivity contribution in [2.75, 3.05) is 6.54 Å². The molecule has 0 N–H and O–H groups in total. The highest BCUT2D eigenvalue weighted by molar-refractivity contribution is 5.69. The molecule has 1 saturated heterocycles. The van der Waals surface area contributed by atoms with Crippen LogP contribution in [0.3, 0.4) is 0 Å². The van der Waals surface area contributed by atoms with E-state index >= 15 is 0 Å². The van der Waals surface area contributed by atoms with Crippen LogP contribution < -0.4 is 0 Å². The lowest BCUT2D eigenvalue weighted by molar-refractivity contribution is 0.00944. The van der Waals surface area contributed by atoms with Gasteiger partial charge in [-0.3, -0.25) is 0 Å². The summed E-state index contributed by atoms with van der Waals surface area (Å²) in [6.07, 6.45) is 7.88. The first-order valence-electron chi connectivity index (χ1n) is 6.72. The number of likely N-dealkylation sites (tertiary alicyclic amines) is 1. The first kappa shape index (κ1) is 13.8. The molecule has 1 unspecified atom stereocenters. The van der Waals surface area contributed by atoms with Crippen molar-refractivity contribution in [2.45, 2.75) is 51.7 Å². The first-order chi connectivity index (χ1) is 8.97. The largest absolute Gasteiger partial charge is 0.444 e. The number of aromatic nitrogens is 2. The zero-order valence-corrected chi connectivity index (χ0v) is 11.8. The summed E-state index contributed by atoms with van der Waals surface area (Å²) >= 11 is 0. The highest BCUT2D eigenvalue weighted by atomic mass is 16.6. The van der Waals surface area contributed by atoms with Crippen LogP contribution in [0.5, 0.6) is 0 Å². The summed E-state index contributed by atoms with van der Waals surface area (Å²) in [5.41, 5.74) is 0.514. The summed E-state index contributed by atoms with van der Waals surface area (Å²) in [4.78, 5) is 22.1. The quantitative estimate of drug-likeness (QED) is 0.781. The molecule has 1 amide bonds. The van der Waals surface area contributed by atoms with Crippen molar-refractivity contribution in [3.63, 3.8) is 0 Å². The van der Waals surface area contributed by atoms with Crippen LogP contribution >= 0.6 is 0 Å². The maximum Gasteiger partial charge on any atom is 0.410 e. The van der Waals surface area contributed by atoms with Gasteiger partial charge in [-0.25, -0.2) is 14.8 Å². The molecule has 104 valence electrons. The Morgan fingerprint density at radius 1 is 1.32 bits per heavy atom. The highest BCUT2D eigenvalue weighted by Gasteiger charge is 2.31. The first-order valence-corrected chi connectivity index (χ1v) is 6.72. The molecular formula is C14H21N3O2. The Kier molecular flexibility index (Phi) is 4.02. The van der Waals surface area contributed by atoms with Crippen LogP contribution in [0, 0.1) is 0 Å². The minimum Gasteiger partial charge on any atom is -0.444 e. The number of hydrogen-bond donors (Lipinski definition) is 0. The van der Waals surface area contributed by atoms with E-state index in [9.17, 15) is 4.79 Å². The predicted molar refractivity (Wildman–Crippen MR) is 71.6 cm³/mol. The monoisotopic (exact) mass is 263 g/mol. The zero-order chi connectivity index (χ0) is 13.9. The normalized spacial score (nSPS) is 20.2. The van der Waals surface area contributed by atoms with Crippen molar-refractivity contribution in [1.82, 2.24) is 14.9 Å². The van der Waals surface area contributed by atoms with Gasteiger partial charge >= 0.3 is 6.09 Å². The molecule has 1 aromatic heterocycles. The lowest BCUT2D eigenvalue weighted by Crippen LogP contribution is -2.41. The number of amides is 1. The third kappa shape index (κ3) is 3.66. The fourth-order valence-corrected chi connectivity index (χ4v) is 2.30. The van der Waals surface area contributed by atoms with E-state index < -0.39 is 5.60 Å². The minimum absolute atomic E-state index is 0.0322. The minimum atomic E-state index is -0.466. The van der Waals surface area contributed by atoms with E-state index in [4.69, 9.17) is 4.74 Å². The SMILES string of the molecule is CC(C)(C)OC(=O)N1CCCCC1c1cncnc1. The fraction of sp³-hybridized carbons (Fsp3) is 0.643. The van der Waals surface area contributed by atoms with Gasteiger partial charge in [-0.1, -0.05) is 0 Å². The van der Waals surface area contributed by atoms with Gasteiger partial charge in [0.25, 0.3) is 0 Å². The van der Waals surface area contributed by atoms with Gasteiger partial charge in [-0.2, -0.15) is 0 Å². The Bertz CT molecular complexity index is 428. The van der Waals surface area contributed by atoms with Crippen LogP contribution in [0.15, 0.2) is 18.7 Å². The van der Waals surface area contributed by atoms with Gasteiger partial charge in [-0.05, 0) is 40.0 Å². The molecule has 2 heterocycles. The third-order valence-electron chi connectivity index (χ3n) is 3.10. The third-order valence-corrected chi connectivity index (χ3v) is 3.10. The van der Waals surface area contributed by atoms with Gasteiger partial charge in [0.2, 0.25) is 0 Å². The molecule has 2 rings (SSSR count). The second-order valence-electron chi connectivity index (χ2n) is 5.86. The molecule has 1 atom stereocenters. The molecule has 1 fully saturated rings. The van der Waals surface area contributed by atoms with Crippen LogP contribution in [0.1, 0.15) is 51.6 Å². The molecule has 0 spiro atoms. The molecule has 0 bridgehead atoms. The molecule has 19 heavy (non-hydrogen) atoms. The molecule has 0 aliphatic carbocycles. The number of carbonyl (C=O) groups excluding carboxylic acids is 1. The Morgan fingerprint density at radius 2 is 2.00 bits per heavy atom. The molecule has 5 nitrogen and oxygen atoms in total. The maximum atomic E-state index is 12.3. The van der Waals surface area contributed by atoms with Crippen LogP contribution in [0.2, 0.25) is 0 Å². The van der Waals surface area contributed by atoms with Gasteiger partial charge in [-0.15, -0.1) is 0 Å². The van der Waals surface area contributed by atoms with E-state index in [0.717, 1.165) is 31.4 Å². The zero-order valence-electron chi connectivity index (χ0n) is 11.8. The van der Waals surface area contributed by atoms with Crippen LogP contribution in [-0.4, -0.2) is 33.1 Å². The van der Waals surface area contributed by atoms with Gasteiger partial charge in [0.05, 0.1) is 6.04 Å². The average Bonchev–Trinajstić information content (AvgIpc) is 2.38. The number of hydrogen-bond acceptors (Lipinski definition) is 4. The van der Waals surface area contributed by atoms with Crippen molar-refractivity contribution in [1.29, 1.82) is 0 Å². The number of rotatable bonds is 1. The summed E-state index contributed by atoms with van der Waals surface area (Å²) in [6, 6.07) is 0.0322. The molecule has 0 radical (unpaired) electrons. The molecule has 1 aliphatic rings. The molecular weight excluding hydrogens is 242 g/mol. The van der Waals surface area contributed by atoms with Gasteiger partial charge in [0, 0.05) is 24.5 Å². The smallest absolute Gasteiger partial charge is 0.410 e. The average molecular weight is 263 g/mol. The maximum absolute atomic E-state index is 12.3. The lowest BCUT2D eigenvalue weighted by atomic mass is 9.98. The Hall–Kier alpha value is -1.65. The predicted octanol–water partition coefficient (Wildman–Crippen LogP) is 2.94. The molecule has 5 heteroatoms. The van der Waals surface area contributed by atoms with Crippen LogP contribution in [0.4, 0.5) is 4.79 Å². The second-order valence-corrected chi connectivity index (χ2v) is 5.86. The summed E-state index contributed by atoms with van der Waals surface area (Å²) in [7, 11) is 0. The van der Waals surface area contributed by atoms with Gasteiger partial charge in [0.1, 0.15) is 11.9 Å². The van der Waals surface area contributed by atoms with Crippen molar-refractivity contribution >= 4 is 6.09 Å². The summed E-state index contributed by atoms with van der Waals surface area (Å²) in [5.74, 6) is 0. The van der Waals surface area contributed by atoms with Crippen LogP contribution in [-0.2, 0) is 4.74 Å². The van der Waals surface area contributed by atoms with E-state index in [1.807, 2.05) is 20.8 Å². The van der Waals surface area contributed by atoms with Crippen molar-refractivity contribution in [3.8, 4) is 0 Å². The number of carbonyl (C=O) groups is 1. The Balaban J connectivity index is 2.15. The van der Waals surface area contributed by atoms with Crippen molar-refractivity contribution < 1.29 is 9.53 Å². The van der Waals surface area contributed by atoms with E-state index in [0.29, 0.717) is 0 Å². The van der Waals surface area contributed by atoms with Gasteiger partial charge < -0.3 is 9.64 Å². The number of piperidine rings is 1. The van der Waals surface area contributed by atoms with E-state index in [-0.39, 0.29) is 12.1 Å². The van der Waals surface area contributed by atoms with E-state index in [1.165, 1.54) is 6.33 Å². The molecule has 1 aromatic rings. The lowest BCUT2D eigenvalue weighted by Gasteiger charge is -2.36. The standard InChI is InChI=1S/C14H21N3O2/c1-14(2,3)19-13(18)17-7-5-4-6-12(17)11-8-15-10-16-9-11/h8-10,12H,4-7H2,1-3H3. The highest BCUT2D eigenvalue weighted by Crippen LogP contribution is 2.31. The van der Waals surface area contributed by atoms with Gasteiger partial charge in [0.15, 0.2) is 0 Å². The van der Waals surface area contributed by atoms with Crippen LogP contribution in [0.25, 0.3) is 0 Å².